The lowest BCUT2D eigenvalue weighted by Crippen LogP contribution is -2.68. The maximum atomic E-state index is 12.7. The van der Waals surface area contributed by atoms with Gasteiger partial charge in [0.05, 0.1) is 5.56 Å². The first-order valence-electron chi connectivity index (χ1n) is 7.02. The first kappa shape index (κ1) is 15.8. The Hall–Kier alpha value is -1.56. The first-order valence-corrected chi connectivity index (χ1v) is 8.24. The summed E-state index contributed by atoms with van der Waals surface area (Å²) in [7, 11) is 0. The summed E-state index contributed by atoms with van der Waals surface area (Å²) in [6.07, 6.45) is 4.25. The second-order valence-electron chi connectivity index (χ2n) is 5.67. The van der Waals surface area contributed by atoms with Crippen molar-refractivity contribution in [3.63, 3.8) is 0 Å². The van der Waals surface area contributed by atoms with E-state index in [2.05, 4.69) is 10.3 Å². The molecule has 1 aromatic heterocycles. The molecule has 6 heteroatoms. The van der Waals surface area contributed by atoms with E-state index >= 15 is 0 Å². The van der Waals surface area contributed by atoms with Gasteiger partial charge in [0.25, 0.3) is 5.91 Å². The van der Waals surface area contributed by atoms with E-state index in [-0.39, 0.29) is 17.9 Å². The fraction of sp³-hybridized carbons (Fsp3) is 0.533. The number of likely N-dealkylation sites (tertiary alicyclic amines) is 1. The van der Waals surface area contributed by atoms with Crippen LogP contribution in [0.3, 0.4) is 0 Å². The summed E-state index contributed by atoms with van der Waals surface area (Å²) < 4.78 is 0. The Morgan fingerprint density at radius 2 is 2.19 bits per heavy atom. The van der Waals surface area contributed by atoms with E-state index in [0.29, 0.717) is 23.6 Å². The highest BCUT2D eigenvalue weighted by Gasteiger charge is 2.49. The van der Waals surface area contributed by atoms with Crippen molar-refractivity contribution < 1.29 is 9.59 Å². The van der Waals surface area contributed by atoms with Gasteiger partial charge in [0.15, 0.2) is 0 Å². The van der Waals surface area contributed by atoms with Crippen molar-refractivity contribution in [1.82, 2.24) is 15.2 Å². The SMILES string of the molecule is CSc1ncccc1C(=O)N1CCC1(C)C(=O)NC(C)C. The van der Waals surface area contributed by atoms with E-state index in [1.54, 1.807) is 23.2 Å². The normalized spacial score (nSPS) is 21.1. The summed E-state index contributed by atoms with van der Waals surface area (Å²) in [6, 6.07) is 3.57. The molecule has 1 fully saturated rings. The summed E-state index contributed by atoms with van der Waals surface area (Å²) in [5.74, 6) is -0.216. The van der Waals surface area contributed by atoms with Gasteiger partial charge in [0, 0.05) is 18.8 Å². The first-order chi connectivity index (χ1) is 9.90. The van der Waals surface area contributed by atoms with Crippen LogP contribution in [0.4, 0.5) is 0 Å². The Morgan fingerprint density at radius 3 is 2.71 bits per heavy atom. The maximum absolute atomic E-state index is 12.7. The number of aromatic nitrogens is 1. The van der Waals surface area contributed by atoms with Crippen LogP contribution in [0.5, 0.6) is 0 Å². The lowest BCUT2D eigenvalue weighted by Gasteiger charge is -2.49. The molecular formula is C15H21N3O2S. The predicted octanol–water partition coefficient (Wildman–Crippen LogP) is 1.93. The quantitative estimate of drug-likeness (QED) is 0.864. The minimum Gasteiger partial charge on any atom is -0.352 e. The van der Waals surface area contributed by atoms with E-state index in [4.69, 9.17) is 0 Å². The molecule has 2 amide bonds. The van der Waals surface area contributed by atoms with Crippen molar-refractivity contribution >= 4 is 23.6 Å². The van der Waals surface area contributed by atoms with Gasteiger partial charge in [-0.2, -0.15) is 0 Å². The number of hydrogen-bond donors (Lipinski definition) is 1. The summed E-state index contributed by atoms with van der Waals surface area (Å²) in [6.45, 7) is 6.25. The van der Waals surface area contributed by atoms with Gasteiger partial charge in [-0.3, -0.25) is 9.59 Å². The maximum Gasteiger partial charge on any atom is 0.257 e. The fourth-order valence-electron chi connectivity index (χ4n) is 2.40. The Kier molecular flexibility index (Phi) is 4.56. The number of amides is 2. The molecule has 0 aliphatic carbocycles. The van der Waals surface area contributed by atoms with Gasteiger partial charge in [-0.1, -0.05) is 0 Å². The van der Waals surface area contributed by atoms with Crippen molar-refractivity contribution in [2.45, 2.75) is 43.8 Å². The molecule has 0 spiro atoms. The van der Waals surface area contributed by atoms with Crippen LogP contribution >= 0.6 is 11.8 Å². The zero-order chi connectivity index (χ0) is 15.6. The minimum atomic E-state index is -0.757. The van der Waals surface area contributed by atoms with Gasteiger partial charge in [-0.05, 0) is 45.6 Å². The van der Waals surface area contributed by atoms with E-state index in [1.807, 2.05) is 27.0 Å². The van der Waals surface area contributed by atoms with E-state index < -0.39 is 5.54 Å². The molecule has 2 rings (SSSR count). The molecule has 1 atom stereocenters. The number of nitrogens with zero attached hydrogens (tertiary/aromatic N) is 2. The Balaban J connectivity index is 2.22. The van der Waals surface area contributed by atoms with Crippen LogP contribution in [0.15, 0.2) is 23.4 Å². The van der Waals surface area contributed by atoms with Gasteiger partial charge in [-0.25, -0.2) is 4.98 Å². The molecule has 2 heterocycles. The molecule has 1 saturated heterocycles. The molecular weight excluding hydrogens is 286 g/mol. The Bertz CT molecular complexity index is 562. The molecule has 5 nitrogen and oxygen atoms in total. The number of rotatable bonds is 4. The van der Waals surface area contributed by atoms with Crippen molar-refractivity contribution in [2.75, 3.05) is 12.8 Å². The van der Waals surface area contributed by atoms with Crippen molar-refractivity contribution in [2.24, 2.45) is 0 Å². The third kappa shape index (κ3) is 2.90. The highest BCUT2D eigenvalue weighted by Crippen LogP contribution is 2.33. The highest BCUT2D eigenvalue weighted by molar-refractivity contribution is 7.98. The molecule has 1 aliphatic rings. The molecule has 0 radical (unpaired) electrons. The molecule has 114 valence electrons. The number of thioether (sulfide) groups is 1. The van der Waals surface area contributed by atoms with Crippen LogP contribution in [0.1, 0.15) is 37.6 Å². The van der Waals surface area contributed by atoms with Gasteiger partial charge in [0.1, 0.15) is 10.6 Å². The van der Waals surface area contributed by atoms with Crippen LogP contribution in [0, 0.1) is 0 Å². The van der Waals surface area contributed by atoms with Crippen molar-refractivity contribution in [1.29, 1.82) is 0 Å². The molecule has 1 unspecified atom stereocenters. The fourth-order valence-corrected chi connectivity index (χ4v) is 2.94. The molecule has 0 bridgehead atoms. The highest BCUT2D eigenvalue weighted by atomic mass is 32.2. The lowest BCUT2D eigenvalue weighted by molar-refractivity contribution is -0.138. The predicted molar refractivity (Wildman–Crippen MR) is 83.4 cm³/mol. The minimum absolute atomic E-state index is 0.0621. The summed E-state index contributed by atoms with van der Waals surface area (Å²) in [5.41, 5.74) is -0.194. The van der Waals surface area contributed by atoms with Crippen LogP contribution in [-0.2, 0) is 4.79 Å². The third-order valence-corrected chi connectivity index (χ3v) is 4.48. The second kappa shape index (κ2) is 6.05. The number of hydrogen-bond acceptors (Lipinski definition) is 4. The topological polar surface area (TPSA) is 62.3 Å². The summed E-state index contributed by atoms with van der Waals surface area (Å²) in [4.78, 5) is 30.9. The third-order valence-electron chi connectivity index (χ3n) is 3.77. The number of pyridine rings is 1. The Morgan fingerprint density at radius 1 is 1.48 bits per heavy atom. The number of carbonyl (C=O) groups is 2. The average Bonchev–Trinajstić information content (AvgIpc) is 2.44. The van der Waals surface area contributed by atoms with Gasteiger partial charge in [0.2, 0.25) is 5.91 Å². The van der Waals surface area contributed by atoms with Crippen LogP contribution < -0.4 is 5.32 Å². The van der Waals surface area contributed by atoms with Gasteiger partial charge < -0.3 is 10.2 Å². The van der Waals surface area contributed by atoms with Crippen molar-refractivity contribution in [3.05, 3.63) is 23.9 Å². The van der Waals surface area contributed by atoms with E-state index in [9.17, 15) is 9.59 Å². The summed E-state index contributed by atoms with van der Waals surface area (Å²) in [5, 5.41) is 3.59. The smallest absolute Gasteiger partial charge is 0.257 e. The van der Waals surface area contributed by atoms with Crippen LogP contribution in [0.25, 0.3) is 0 Å². The van der Waals surface area contributed by atoms with E-state index in [1.165, 1.54) is 11.8 Å². The van der Waals surface area contributed by atoms with Crippen LogP contribution in [-0.4, -0.2) is 46.1 Å². The monoisotopic (exact) mass is 307 g/mol. The zero-order valence-electron chi connectivity index (χ0n) is 12.8. The summed E-state index contributed by atoms with van der Waals surface area (Å²) >= 11 is 1.44. The zero-order valence-corrected chi connectivity index (χ0v) is 13.7. The number of carbonyl (C=O) groups excluding carboxylic acids is 2. The molecule has 0 saturated carbocycles. The Labute approximate surface area is 129 Å². The van der Waals surface area contributed by atoms with Gasteiger partial charge >= 0.3 is 0 Å². The van der Waals surface area contributed by atoms with E-state index in [0.717, 1.165) is 0 Å². The second-order valence-corrected chi connectivity index (χ2v) is 6.46. The largest absolute Gasteiger partial charge is 0.352 e. The molecule has 1 aliphatic heterocycles. The van der Waals surface area contributed by atoms with Gasteiger partial charge in [-0.15, -0.1) is 11.8 Å². The van der Waals surface area contributed by atoms with Crippen molar-refractivity contribution in [3.8, 4) is 0 Å². The molecule has 0 aromatic carbocycles. The van der Waals surface area contributed by atoms with Crippen LogP contribution in [0.2, 0.25) is 0 Å². The molecule has 1 aromatic rings. The molecule has 21 heavy (non-hydrogen) atoms. The molecule has 1 N–H and O–H groups in total. The average molecular weight is 307 g/mol. The number of nitrogens with one attached hydrogen (secondary N) is 1. The lowest BCUT2D eigenvalue weighted by atomic mass is 9.84. The standard InChI is InChI=1S/C15H21N3O2S/c1-10(2)17-14(20)15(3)7-9-18(15)13(19)11-6-5-8-16-12(11)21-4/h5-6,8,10H,7,9H2,1-4H3,(H,17,20).